The number of rotatable bonds is 2. The zero-order valence-electron chi connectivity index (χ0n) is 10.5. The number of pyridine rings is 1. The van der Waals surface area contributed by atoms with Gasteiger partial charge in [-0.2, -0.15) is 0 Å². The molecule has 1 atom stereocenters. The maximum Gasteiger partial charge on any atom is 0.255 e. The minimum Gasteiger partial charge on any atom is -0.491 e. The van der Waals surface area contributed by atoms with Crippen LogP contribution in [0.15, 0.2) is 36.5 Å². The van der Waals surface area contributed by atoms with E-state index in [-0.39, 0.29) is 22.7 Å². The molecule has 0 fully saturated rings. The summed E-state index contributed by atoms with van der Waals surface area (Å²) in [6.45, 7) is 0.401. The van der Waals surface area contributed by atoms with Gasteiger partial charge in [0, 0.05) is 5.56 Å². The van der Waals surface area contributed by atoms with Gasteiger partial charge >= 0.3 is 0 Å². The highest BCUT2D eigenvalue weighted by Crippen LogP contribution is 2.32. The molecule has 2 heterocycles. The van der Waals surface area contributed by atoms with E-state index in [2.05, 4.69) is 10.3 Å². The number of aromatic nitrogens is 1. The first-order valence-corrected chi connectivity index (χ1v) is 6.46. The van der Waals surface area contributed by atoms with Crippen LogP contribution in [0.4, 0.5) is 5.69 Å². The fourth-order valence-corrected chi connectivity index (χ4v) is 2.33. The maximum atomic E-state index is 12.2. The molecule has 0 saturated heterocycles. The molecule has 20 heavy (non-hydrogen) atoms. The topological polar surface area (TPSA) is 77.2 Å². The number of hydrogen-bond donors (Lipinski definition) is 2. The van der Waals surface area contributed by atoms with Gasteiger partial charge in [0.25, 0.3) is 5.91 Å². The zero-order valence-corrected chi connectivity index (χ0v) is 11.2. The van der Waals surface area contributed by atoms with E-state index >= 15 is 0 Å². The lowest BCUT2D eigenvalue weighted by molar-refractivity contribution is 0.0930. The molecule has 0 bridgehead atoms. The Labute approximate surface area is 120 Å². The molecular weight excluding hydrogens is 278 g/mol. The van der Waals surface area contributed by atoms with Crippen molar-refractivity contribution in [2.45, 2.75) is 6.04 Å². The predicted molar refractivity (Wildman–Crippen MR) is 75.8 cm³/mol. The highest BCUT2D eigenvalue weighted by atomic mass is 35.5. The Morgan fingerprint density at radius 2 is 2.25 bits per heavy atom. The van der Waals surface area contributed by atoms with Gasteiger partial charge in [-0.15, -0.1) is 0 Å². The molecule has 1 aliphatic heterocycles. The fraction of sp³-hybridized carbons (Fsp3) is 0.143. The Kier molecular flexibility index (Phi) is 3.20. The van der Waals surface area contributed by atoms with Gasteiger partial charge in [-0.05, 0) is 12.1 Å². The molecule has 1 aromatic heterocycles. The molecule has 1 unspecified atom stereocenters. The van der Waals surface area contributed by atoms with Crippen LogP contribution in [0.25, 0.3) is 0 Å². The average molecular weight is 290 g/mol. The van der Waals surface area contributed by atoms with Crippen LogP contribution in [-0.2, 0) is 0 Å². The monoisotopic (exact) mass is 289 g/mol. The number of anilines is 1. The Bertz CT molecular complexity index is 675. The van der Waals surface area contributed by atoms with Gasteiger partial charge in [-0.3, -0.25) is 4.79 Å². The highest BCUT2D eigenvalue weighted by Gasteiger charge is 2.26. The van der Waals surface area contributed by atoms with E-state index < -0.39 is 0 Å². The number of carbonyl (C=O) groups excluding carboxylic acids is 1. The van der Waals surface area contributed by atoms with Crippen LogP contribution < -0.4 is 15.8 Å². The van der Waals surface area contributed by atoms with Crippen molar-refractivity contribution in [1.82, 2.24) is 10.3 Å². The molecule has 0 aliphatic carbocycles. The third kappa shape index (κ3) is 2.28. The Morgan fingerprint density at radius 1 is 1.45 bits per heavy atom. The van der Waals surface area contributed by atoms with Crippen molar-refractivity contribution in [2.24, 2.45) is 0 Å². The first-order valence-electron chi connectivity index (χ1n) is 6.09. The lowest BCUT2D eigenvalue weighted by Crippen LogP contribution is -2.29. The zero-order chi connectivity index (χ0) is 14.1. The summed E-state index contributed by atoms with van der Waals surface area (Å²) in [5.41, 5.74) is 7.23. The van der Waals surface area contributed by atoms with Crippen molar-refractivity contribution in [3.63, 3.8) is 0 Å². The summed E-state index contributed by atoms with van der Waals surface area (Å²) in [6, 6.07) is 8.90. The van der Waals surface area contributed by atoms with Gasteiger partial charge in [0.1, 0.15) is 17.5 Å². The first-order chi connectivity index (χ1) is 9.65. The smallest absolute Gasteiger partial charge is 0.255 e. The van der Waals surface area contributed by atoms with E-state index in [4.69, 9.17) is 22.1 Å². The SMILES string of the molecule is Nc1cnc(Cl)c(C(=O)NC2COc3ccccc32)c1. The van der Waals surface area contributed by atoms with E-state index in [1.165, 1.54) is 12.3 Å². The molecule has 2 aromatic rings. The van der Waals surface area contributed by atoms with Gasteiger partial charge in [-0.25, -0.2) is 4.98 Å². The number of nitrogen functional groups attached to an aromatic ring is 1. The lowest BCUT2D eigenvalue weighted by Gasteiger charge is -2.12. The van der Waals surface area contributed by atoms with Crippen LogP contribution in [0.1, 0.15) is 22.0 Å². The average Bonchev–Trinajstić information content (AvgIpc) is 2.85. The van der Waals surface area contributed by atoms with Crippen LogP contribution in [0.5, 0.6) is 5.75 Å². The predicted octanol–water partition coefficient (Wildman–Crippen LogP) is 2.18. The summed E-state index contributed by atoms with van der Waals surface area (Å²) in [5.74, 6) is 0.467. The van der Waals surface area contributed by atoms with Gasteiger partial charge in [0.2, 0.25) is 0 Å². The molecule has 1 aliphatic rings. The largest absolute Gasteiger partial charge is 0.491 e. The molecular formula is C14H12ClN3O2. The van der Waals surface area contributed by atoms with Crippen LogP contribution in [-0.4, -0.2) is 17.5 Å². The third-order valence-corrected chi connectivity index (χ3v) is 3.41. The number of nitrogens with one attached hydrogen (secondary N) is 1. The quantitative estimate of drug-likeness (QED) is 0.831. The number of nitrogens with zero attached hydrogens (tertiary/aromatic N) is 1. The Morgan fingerprint density at radius 3 is 3.10 bits per heavy atom. The van der Waals surface area contributed by atoms with Crippen molar-refractivity contribution in [3.05, 3.63) is 52.8 Å². The Balaban J connectivity index is 1.82. The van der Waals surface area contributed by atoms with Gasteiger partial charge in [-0.1, -0.05) is 29.8 Å². The number of amides is 1. The minimum atomic E-state index is -0.319. The lowest BCUT2D eigenvalue weighted by atomic mass is 10.1. The second-order valence-corrected chi connectivity index (χ2v) is 4.84. The molecule has 3 rings (SSSR count). The maximum absolute atomic E-state index is 12.2. The standard InChI is InChI=1S/C14H12ClN3O2/c15-13-10(5-8(16)6-17-13)14(19)18-11-7-20-12-4-2-1-3-9(11)12/h1-6,11H,7,16H2,(H,18,19). The molecule has 3 N–H and O–H groups in total. The summed E-state index contributed by atoms with van der Waals surface area (Å²) >= 11 is 5.92. The van der Waals surface area contributed by atoms with Gasteiger partial charge < -0.3 is 15.8 Å². The summed E-state index contributed by atoms with van der Waals surface area (Å²) in [6.07, 6.45) is 1.41. The van der Waals surface area contributed by atoms with Crippen LogP contribution in [0, 0.1) is 0 Å². The normalized spacial score (nSPS) is 16.4. The third-order valence-electron chi connectivity index (χ3n) is 3.11. The van der Waals surface area contributed by atoms with Crippen LogP contribution in [0.3, 0.4) is 0 Å². The Hall–Kier alpha value is -2.27. The molecule has 0 saturated carbocycles. The summed E-state index contributed by atoms with van der Waals surface area (Å²) in [7, 11) is 0. The van der Waals surface area contributed by atoms with Crippen LogP contribution >= 0.6 is 11.6 Å². The number of carbonyl (C=O) groups is 1. The molecule has 5 nitrogen and oxygen atoms in total. The second kappa shape index (κ2) is 5.02. The molecule has 0 radical (unpaired) electrons. The minimum absolute atomic E-state index is 0.129. The fourth-order valence-electron chi connectivity index (χ4n) is 2.14. The van der Waals surface area contributed by atoms with Crippen LogP contribution in [0.2, 0.25) is 5.15 Å². The van der Waals surface area contributed by atoms with Crippen molar-refractivity contribution < 1.29 is 9.53 Å². The number of benzene rings is 1. The van der Waals surface area contributed by atoms with Gasteiger partial charge in [0.05, 0.1) is 23.5 Å². The van der Waals surface area contributed by atoms with E-state index in [1.54, 1.807) is 0 Å². The summed E-state index contributed by atoms with van der Waals surface area (Å²) in [4.78, 5) is 16.1. The number of para-hydroxylation sites is 1. The van der Waals surface area contributed by atoms with Crippen molar-refractivity contribution in [3.8, 4) is 5.75 Å². The summed E-state index contributed by atoms with van der Waals surface area (Å²) < 4.78 is 5.51. The second-order valence-electron chi connectivity index (χ2n) is 4.48. The van der Waals surface area contributed by atoms with Crippen molar-refractivity contribution in [2.75, 3.05) is 12.3 Å². The first kappa shape index (κ1) is 12.7. The molecule has 6 heteroatoms. The van der Waals surface area contributed by atoms with E-state index in [1.807, 2.05) is 24.3 Å². The summed E-state index contributed by atoms with van der Waals surface area (Å²) in [5, 5.41) is 3.00. The van der Waals surface area contributed by atoms with Crippen molar-refractivity contribution in [1.29, 1.82) is 0 Å². The number of fused-ring (bicyclic) bond motifs is 1. The van der Waals surface area contributed by atoms with E-state index in [0.717, 1.165) is 11.3 Å². The highest BCUT2D eigenvalue weighted by molar-refractivity contribution is 6.32. The van der Waals surface area contributed by atoms with E-state index in [9.17, 15) is 4.79 Å². The number of nitrogens with two attached hydrogens (primary N) is 1. The number of halogens is 1. The molecule has 1 amide bonds. The van der Waals surface area contributed by atoms with Gasteiger partial charge in [0.15, 0.2) is 0 Å². The number of hydrogen-bond acceptors (Lipinski definition) is 4. The van der Waals surface area contributed by atoms with E-state index in [0.29, 0.717) is 12.3 Å². The van der Waals surface area contributed by atoms with Crippen molar-refractivity contribution >= 4 is 23.2 Å². The number of ether oxygens (including phenoxy) is 1. The molecule has 1 aromatic carbocycles. The molecule has 0 spiro atoms. The molecule has 102 valence electrons.